The molecule has 0 atom stereocenters. The fraction of sp³-hybridized carbons (Fsp3) is 0.594. The van der Waals surface area contributed by atoms with Gasteiger partial charge in [-0.15, -0.1) is 11.3 Å². The molecule has 0 unspecified atom stereocenters. The van der Waals surface area contributed by atoms with E-state index in [0.717, 1.165) is 22.0 Å². The number of unbranched alkanes of at least 4 members (excludes halogenated alkanes) is 14. The first kappa shape index (κ1) is 36.3. The second-order valence-electron chi connectivity index (χ2n) is 11.0. The minimum atomic E-state index is -3.90. The third kappa shape index (κ3) is 12.3. The van der Waals surface area contributed by atoms with E-state index in [9.17, 15) is 23.1 Å². The van der Waals surface area contributed by atoms with Crippen molar-refractivity contribution in [1.82, 2.24) is 9.29 Å². The third-order valence-electron chi connectivity index (χ3n) is 7.37. The molecule has 0 radical (unpaired) electrons. The number of sulfonamides is 1. The number of nitrogens with one attached hydrogen (secondary N) is 1. The van der Waals surface area contributed by atoms with E-state index < -0.39 is 21.9 Å². The normalized spacial score (nSPS) is 13.7. The lowest BCUT2D eigenvalue weighted by Gasteiger charge is -2.28. The number of benzene rings is 1. The SMILES string of the molecule is CCCCCCCCCCCCCCCCCC(=O)O.Cc1cnc(NC(=O)C2=C(O)c3ccccc3S(=O)(=O)N2C)s1. The first-order chi connectivity index (χ1) is 20.6. The molecule has 1 aromatic carbocycles. The number of anilines is 1. The molecule has 43 heavy (non-hydrogen) atoms. The van der Waals surface area contributed by atoms with Gasteiger partial charge in [0.1, 0.15) is 0 Å². The van der Waals surface area contributed by atoms with Crippen molar-refractivity contribution in [3.8, 4) is 0 Å². The maximum Gasteiger partial charge on any atom is 0.303 e. The van der Waals surface area contributed by atoms with Crippen LogP contribution in [-0.4, -0.2) is 46.8 Å². The summed E-state index contributed by atoms with van der Waals surface area (Å²) < 4.78 is 25.8. The van der Waals surface area contributed by atoms with Gasteiger partial charge in [-0.25, -0.2) is 13.4 Å². The minimum Gasteiger partial charge on any atom is -0.505 e. The molecule has 2 heterocycles. The molecule has 0 saturated heterocycles. The molecule has 1 aliphatic rings. The number of carbonyl (C=O) groups is 2. The maximum absolute atomic E-state index is 12.5. The molecule has 3 rings (SSSR count). The van der Waals surface area contributed by atoms with Gasteiger partial charge in [-0.3, -0.25) is 19.2 Å². The van der Waals surface area contributed by atoms with Crippen LogP contribution in [0, 0.1) is 6.92 Å². The Morgan fingerprint density at radius 3 is 1.88 bits per heavy atom. The summed E-state index contributed by atoms with van der Waals surface area (Å²) in [7, 11) is -2.67. The highest BCUT2D eigenvalue weighted by atomic mass is 32.2. The number of aryl methyl sites for hydroxylation is 1. The predicted octanol–water partition coefficient (Wildman–Crippen LogP) is 8.28. The largest absolute Gasteiger partial charge is 0.505 e. The highest BCUT2D eigenvalue weighted by Gasteiger charge is 2.37. The van der Waals surface area contributed by atoms with E-state index in [-0.39, 0.29) is 21.9 Å². The molecule has 2 aromatic rings. The van der Waals surface area contributed by atoms with Crippen LogP contribution in [0.1, 0.15) is 120 Å². The maximum atomic E-state index is 12.5. The summed E-state index contributed by atoms with van der Waals surface area (Å²) in [5, 5.41) is 21.7. The summed E-state index contributed by atoms with van der Waals surface area (Å²) in [5.74, 6) is -1.78. The molecule has 0 bridgehead atoms. The van der Waals surface area contributed by atoms with Gasteiger partial charge in [0.25, 0.3) is 15.9 Å². The van der Waals surface area contributed by atoms with E-state index in [0.29, 0.717) is 11.6 Å². The molecule has 0 fully saturated rings. The summed E-state index contributed by atoms with van der Waals surface area (Å²) in [6.45, 7) is 4.10. The van der Waals surface area contributed by atoms with Crippen LogP contribution in [0.5, 0.6) is 0 Å². The highest BCUT2D eigenvalue weighted by Crippen LogP contribution is 2.35. The molecule has 0 saturated carbocycles. The number of aliphatic carboxylic acids is 1. The average molecular weight is 636 g/mol. The van der Waals surface area contributed by atoms with Gasteiger partial charge >= 0.3 is 5.97 Å². The Balaban J connectivity index is 0.000000304. The zero-order valence-corrected chi connectivity index (χ0v) is 27.6. The Labute approximate surface area is 261 Å². The first-order valence-electron chi connectivity index (χ1n) is 15.6. The van der Waals surface area contributed by atoms with Crippen molar-refractivity contribution in [2.45, 2.75) is 121 Å². The highest BCUT2D eigenvalue weighted by molar-refractivity contribution is 7.89. The molecular formula is C32H49N3O6S2. The van der Waals surface area contributed by atoms with Crippen LogP contribution in [0.3, 0.4) is 0 Å². The number of nitrogens with zero attached hydrogens (tertiary/aromatic N) is 2. The molecule has 0 spiro atoms. The fourth-order valence-corrected chi connectivity index (χ4v) is 6.96. The van der Waals surface area contributed by atoms with E-state index in [4.69, 9.17) is 5.11 Å². The summed E-state index contributed by atoms with van der Waals surface area (Å²) in [6, 6.07) is 5.99. The summed E-state index contributed by atoms with van der Waals surface area (Å²) in [6.07, 6.45) is 21.8. The van der Waals surface area contributed by atoms with Gasteiger partial charge in [0.05, 0.1) is 4.90 Å². The number of likely N-dealkylation sites (N-methyl/N-ethyl adjacent to an activating group) is 1. The average Bonchev–Trinajstić information content (AvgIpc) is 3.38. The molecule has 9 nitrogen and oxygen atoms in total. The van der Waals surface area contributed by atoms with Crippen molar-refractivity contribution < 1.29 is 28.2 Å². The van der Waals surface area contributed by atoms with Gasteiger partial charge in [-0.1, -0.05) is 109 Å². The Kier molecular flexibility index (Phi) is 16.3. The zero-order valence-electron chi connectivity index (χ0n) is 25.9. The quantitative estimate of drug-likeness (QED) is 0.140. The van der Waals surface area contributed by atoms with Gasteiger partial charge in [0, 0.05) is 30.1 Å². The lowest BCUT2D eigenvalue weighted by atomic mass is 10.0. The monoisotopic (exact) mass is 635 g/mol. The van der Waals surface area contributed by atoms with Crippen LogP contribution >= 0.6 is 11.3 Å². The number of thiazole rings is 1. The van der Waals surface area contributed by atoms with Crippen LogP contribution in [-0.2, 0) is 19.6 Å². The molecule has 3 N–H and O–H groups in total. The Bertz CT molecular complexity index is 1290. The number of carbonyl (C=O) groups excluding carboxylic acids is 1. The van der Waals surface area contributed by atoms with Crippen molar-refractivity contribution >= 4 is 44.1 Å². The second kappa shape index (κ2) is 19.4. The minimum absolute atomic E-state index is 0.0401. The van der Waals surface area contributed by atoms with Crippen LogP contribution in [0.4, 0.5) is 5.13 Å². The number of amides is 1. The fourth-order valence-electron chi connectivity index (χ4n) is 4.90. The van der Waals surface area contributed by atoms with E-state index in [1.54, 1.807) is 18.3 Å². The van der Waals surface area contributed by atoms with Gasteiger partial charge in [-0.05, 0) is 25.5 Å². The second-order valence-corrected chi connectivity index (χ2v) is 14.2. The summed E-state index contributed by atoms with van der Waals surface area (Å²) >= 11 is 1.25. The number of aliphatic hydroxyl groups is 1. The van der Waals surface area contributed by atoms with Crippen molar-refractivity contribution in [2.75, 3.05) is 12.4 Å². The number of hydrogen-bond donors (Lipinski definition) is 3. The van der Waals surface area contributed by atoms with Crippen molar-refractivity contribution in [3.63, 3.8) is 0 Å². The number of carboxylic acid groups (broad SMARTS) is 1. The number of fused-ring (bicyclic) bond motifs is 1. The lowest BCUT2D eigenvalue weighted by Crippen LogP contribution is -2.37. The molecule has 240 valence electrons. The van der Waals surface area contributed by atoms with E-state index >= 15 is 0 Å². The van der Waals surface area contributed by atoms with E-state index in [2.05, 4.69) is 17.2 Å². The molecule has 1 aliphatic heterocycles. The molecular weight excluding hydrogens is 587 g/mol. The van der Waals surface area contributed by atoms with Crippen LogP contribution in [0.15, 0.2) is 41.1 Å². The zero-order chi connectivity index (χ0) is 31.7. The predicted molar refractivity (Wildman–Crippen MR) is 174 cm³/mol. The van der Waals surface area contributed by atoms with Crippen molar-refractivity contribution in [2.24, 2.45) is 0 Å². The van der Waals surface area contributed by atoms with Crippen molar-refractivity contribution in [1.29, 1.82) is 0 Å². The Morgan fingerprint density at radius 1 is 0.884 bits per heavy atom. The smallest absolute Gasteiger partial charge is 0.303 e. The number of rotatable bonds is 18. The van der Waals surface area contributed by atoms with E-state index in [1.807, 2.05) is 6.92 Å². The van der Waals surface area contributed by atoms with Gasteiger partial charge < -0.3 is 10.2 Å². The topological polar surface area (TPSA) is 137 Å². The van der Waals surface area contributed by atoms with Gasteiger partial charge in [-0.2, -0.15) is 0 Å². The summed E-state index contributed by atoms with van der Waals surface area (Å²) in [5.41, 5.74) is -0.234. The number of carboxylic acids is 1. The van der Waals surface area contributed by atoms with Gasteiger partial charge in [0.2, 0.25) is 0 Å². The molecule has 1 amide bonds. The molecule has 1 aromatic heterocycles. The first-order valence-corrected chi connectivity index (χ1v) is 17.8. The van der Waals surface area contributed by atoms with Crippen molar-refractivity contribution in [3.05, 3.63) is 46.6 Å². The number of hydrogen-bond acceptors (Lipinski definition) is 7. The standard InChI is InChI=1S/C18H36O2.C14H13N3O4S2/c1-2-3-4-5-6-7-8-9-10-11-12-13-14-15-16-17-18(19)20;1-8-7-15-14(22-8)16-13(19)11-12(18)9-5-3-4-6-10(9)23(20,21)17(11)2/h2-17H2,1H3,(H,19,20);3-7,18H,1-2H3,(H,15,16,19). The third-order valence-corrected chi connectivity index (χ3v) is 10.0. The number of aromatic nitrogens is 1. The Hall–Kier alpha value is -2.92. The van der Waals surface area contributed by atoms with Crippen LogP contribution in [0.2, 0.25) is 0 Å². The lowest BCUT2D eigenvalue weighted by molar-refractivity contribution is -0.137. The van der Waals surface area contributed by atoms with E-state index in [1.165, 1.54) is 114 Å². The number of aliphatic hydroxyl groups excluding tert-OH is 1. The van der Waals surface area contributed by atoms with Crippen LogP contribution in [0.25, 0.3) is 5.76 Å². The molecule has 0 aliphatic carbocycles. The summed E-state index contributed by atoms with van der Waals surface area (Å²) in [4.78, 5) is 27.6. The molecule has 11 heteroatoms. The van der Waals surface area contributed by atoms with Crippen LogP contribution < -0.4 is 5.32 Å². The Morgan fingerprint density at radius 2 is 1.40 bits per heavy atom. The van der Waals surface area contributed by atoms with Gasteiger partial charge in [0.15, 0.2) is 16.6 Å².